The Morgan fingerprint density at radius 1 is 1.00 bits per heavy atom. The molecular weight excluding hydrogens is 316 g/mol. The fraction of sp³-hybridized carbons (Fsp3) is 0.250. The average molecular weight is 336 g/mol. The van der Waals surface area contributed by atoms with Gasteiger partial charge in [-0.05, 0) is 37.1 Å². The van der Waals surface area contributed by atoms with E-state index >= 15 is 0 Å². The summed E-state index contributed by atoms with van der Waals surface area (Å²) in [5.41, 5.74) is 4.09. The maximum Gasteiger partial charge on any atom is 0.306 e. The second kappa shape index (κ2) is 7.75. The van der Waals surface area contributed by atoms with E-state index in [1.807, 2.05) is 55.5 Å². The highest BCUT2D eigenvalue weighted by molar-refractivity contribution is 5.74. The zero-order valence-corrected chi connectivity index (χ0v) is 14.4. The number of carbonyl (C=O) groups is 1. The van der Waals surface area contributed by atoms with Crippen LogP contribution in [0.2, 0.25) is 0 Å². The van der Waals surface area contributed by atoms with E-state index < -0.39 is 0 Å². The van der Waals surface area contributed by atoms with Gasteiger partial charge >= 0.3 is 5.97 Å². The summed E-state index contributed by atoms with van der Waals surface area (Å²) in [5.74, 6) is 0.520. The van der Waals surface area contributed by atoms with Gasteiger partial charge in [0.25, 0.3) is 0 Å². The molecule has 0 fully saturated rings. The number of methoxy groups -OCH3 is 1. The molecule has 5 heteroatoms. The van der Waals surface area contributed by atoms with Crippen LogP contribution < -0.4 is 4.74 Å². The minimum Gasteiger partial charge on any atom is -0.496 e. The minimum absolute atomic E-state index is 0.133. The van der Waals surface area contributed by atoms with Crippen molar-refractivity contribution in [2.45, 2.75) is 26.4 Å². The topological polar surface area (TPSA) is 61.3 Å². The van der Waals surface area contributed by atoms with Crippen molar-refractivity contribution >= 4 is 17.0 Å². The summed E-state index contributed by atoms with van der Waals surface area (Å²) in [7, 11) is 1.62. The molecule has 0 aliphatic heterocycles. The molecular formula is C20H20N2O3. The van der Waals surface area contributed by atoms with Gasteiger partial charge in [0, 0.05) is 6.42 Å². The number of hydrogen-bond acceptors (Lipinski definition) is 5. The fourth-order valence-corrected chi connectivity index (χ4v) is 2.63. The molecule has 3 aromatic rings. The van der Waals surface area contributed by atoms with Gasteiger partial charge in [0.2, 0.25) is 0 Å². The number of fused-ring (bicyclic) bond motifs is 1. The molecule has 0 spiro atoms. The first-order valence-corrected chi connectivity index (χ1v) is 8.17. The van der Waals surface area contributed by atoms with E-state index in [4.69, 9.17) is 9.47 Å². The lowest BCUT2D eigenvalue weighted by molar-refractivity contribution is -0.145. The average Bonchev–Trinajstić information content (AvgIpc) is 2.64. The van der Waals surface area contributed by atoms with Gasteiger partial charge in [0.05, 0.1) is 29.5 Å². The maximum absolute atomic E-state index is 12.1. The Morgan fingerprint density at radius 3 is 2.44 bits per heavy atom. The predicted octanol–water partition coefficient (Wildman–Crippen LogP) is 3.62. The Kier molecular flexibility index (Phi) is 5.23. The second-order valence-corrected chi connectivity index (χ2v) is 5.72. The Hall–Kier alpha value is -2.95. The molecule has 3 rings (SSSR count). The second-order valence-electron chi connectivity index (χ2n) is 5.72. The number of benzene rings is 2. The van der Waals surface area contributed by atoms with E-state index in [1.165, 1.54) is 0 Å². The number of aromatic nitrogens is 2. The summed E-state index contributed by atoms with van der Waals surface area (Å²) in [5, 5.41) is 0. The van der Waals surface area contributed by atoms with E-state index in [1.54, 1.807) is 7.11 Å². The van der Waals surface area contributed by atoms with Crippen molar-refractivity contribution in [1.82, 2.24) is 9.97 Å². The number of rotatable bonds is 6. The summed E-state index contributed by atoms with van der Waals surface area (Å²) in [6.45, 7) is 2.01. The largest absolute Gasteiger partial charge is 0.496 e. The van der Waals surface area contributed by atoms with Crippen molar-refractivity contribution in [3.05, 3.63) is 65.5 Å². The van der Waals surface area contributed by atoms with Crippen LogP contribution in [0.15, 0.2) is 48.5 Å². The fourth-order valence-electron chi connectivity index (χ4n) is 2.63. The summed E-state index contributed by atoms with van der Waals surface area (Å²) < 4.78 is 10.7. The minimum atomic E-state index is -0.264. The summed E-state index contributed by atoms with van der Waals surface area (Å²) in [6, 6.07) is 15.3. The van der Waals surface area contributed by atoms with Crippen molar-refractivity contribution in [1.29, 1.82) is 0 Å². The molecule has 2 aromatic carbocycles. The quantitative estimate of drug-likeness (QED) is 0.643. The van der Waals surface area contributed by atoms with E-state index in [-0.39, 0.29) is 12.6 Å². The highest BCUT2D eigenvalue weighted by Gasteiger charge is 2.10. The molecule has 0 amide bonds. The van der Waals surface area contributed by atoms with Crippen LogP contribution in [-0.2, 0) is 22.6 Å². The third-order valence-corrected chi connectivity index (χ3v) is 4.00. The molecule has 0 bridgehead atoms. The normalized spacial score (nSPS) is 10.6. The van der Waals surface area contributed by atoms with Crippen LogP contribution in [0.3, 0.4) is 0 Å². The van der Waals surface area contributed by atoms with Crippen molar-refractivity contribution in [3.63, 3.8) is 0 Å². The van der Waals surface area contributed by atoms with Gasteiger partial charge in [-0.1, -0.05) is 30.3 Å². The number of hydrogen-bond donors (Lipinski definition) is 0. The molecule has 128 valence electrons. The van der Waals surface area contributed by atoms with Gasteiger partial charge in [0.15, 0.2) is 0 Å². The van der Waals surface area contributed by atoms with Crippen LogP contribution in [0.1, 0.15) is 23.4 Å². The number of aryl methyl sites for hydroxylation is 2. The van der Waals surface area contributed by atoms with Gasteiger partial charge < -0.3 is 9.47 Å². The number of esters is 1. The van der Waals surface area contributed by atoms with Crippen LogP contribution in [0.4, 0.5) is 0 Å². The Balaban J connectivity index is 1.60. The molecule has 0 saturated heterocycles. The lowest BCUT2D eigenvalue weighted by Gasteiger charge is -2.09. The number of para-hydroxylation sites is 3. The van der Waals surface area contributed by atoms with Gasteiger partial charge in [-0.3, -0.25) is 4.79 Å². The first-order valence-electron chi connectivity index (χ1n) is 8.17. The summed E-state index contributed by atoms with van der Waals surface area (Å²) >= 11 is 0. The van der Waals surface area contributed by atoms with E-state index in [0.717, 1.165) is 28.0 Å². The third kappa shape index (κ3) is 4.12. The first kappa shape index (κ1) is 16.9. The van der Waals surface area contributed by atoms with Gasteiger partial charge in [-0.25, -0.2) is 9.97 Å². The van der Waals surface area contributed by atoms with Crippen molar-refractivity contribution in [2.75, 3.05) is 7.11 Å². The molecule has 0 radical (unpaired) electrons. The Labute approximate surface area is 146 Å². The first-order chi connectivity index (χ1) is 12.2. The number of carbonyl (C=O) groups excluding carboxylic acids is 1. The zero-order valence-electron chi connectivity index (χ0n) is 14.4. The lowest BCUT2D eigenvalue weighted by atomic mass is 10.1. The smallest absolute Gasteiger partial charge is 0.306 e. The zero-order chi connectivity index (χ0) is 17.6. The monoisotopic (exact) mass is 336 g/mol. The van der Waals surface area contributed by atoms with E-state index in [0.29, 0.717) is 18.5 Å². The van der Waals surface area contributed by atoms with E-state index in [2.05, 4.69) is 9.97 Å². The van der Waals surface area contributed by atoms with Crippen LogP contribution in [-0.4, -0.2) is 23.0 Å². The number of nitrogens with zero attached hydrogens (tertiary/aromatic N) is 2. The van der Waals surface area contributed by atoms with E-state index in [9.17, 15) is 4.79 Å². The van der Waals surface area contributed by atoms with Gasteiger partial charge in [0.1, 0.15) is 12.4 Å². The molecule has 5 nitrogen and oxygen atoms in total. The highest BCUT2D eigenvalue weighted by Crippen LogP contribution is 2.19. The SMILES string of the molecule is COc1ccccc1CCC(=O)OCc1nc2ccccc2nc1C. The standard InChI is InChI=1S/C20H20N2O3/c1-14-18(22-17-9-5-4-8-16(17)21-14)13-25-20(23)12-11-15-7-3-6-10-19(15)24-2/h3-10H,11-13H2,1-2H3. The van der Waals surface area contributed by atoms with Crippen LogP contribution >= 0.6 is 0 Å². The molecule has 1 aromatic heterocycles. The summed E-state index contributed by atoms with van der Waals surface area (Å²) in [4.78, 5) is 21.1. The lowest BCUT2D eigenvalue weighted by Crippen LogP contribution is -2.09. The van der Waals surface area contributed by atoms with Crippen molar-refractivity contribution < 1.29 is 14.3 Å². The molecule has 0 unspecified atom stereocenters. The van der Waals surface area contributed by atoms with Crippen LogP contribution in [0, 0.1) is 6.92 Å². The molecule has 25 heavy (non-hydrogen) atoms. The molecule has 0 atom stereocenters. The Bertz CT molecular complexity index is 893. The maximum atomic E-state index is 12.1. The van der Waals surface area contributed by atoms with Gasteiger partial charge in [-0.15, -0.1) is 0 Å². The van der Waals surface area contributed by atoms with Crippen molar-refractivity contribution in [3.8, 4) is 5.75 Å². The molecule has 1 heterocycles. The molecule has 0 aliphatic carbocycles. The van der Waals surface area contributed by atoms with Crippen LogP contribution in [0.5, 0.6) is 5.75 Å². The molecule has 0 saturated carbocycles. The third-order valence-electron chi connectivity index (χ3n) is 4.00. The van der Waals surface area contributed by atoms with Crippen LogP contribution in [0.25, 0.3) is 11.0 Å². The highest BCUT2D eigenvalue weighted by atomic mass is 16.5. The molecule has 0 N–H and O–H groups in total. The molecule has 0 aliphatic rings. The summed E-state index contributed by atoms with van der Waals surface area (Å²) in [6.07, 6.45) is 0.867. The van der Waals surface area contributed by atoms with Crippen molar-refractivity contribution in [2.24, 2.45) is 0 Å². The predicted molar refractivity (Wildman–Crippen MR) is 95.4 cm³/mol. The Morgan fingerprint density at radius 2 is 1.68 bits per heavy atom. The van der Waals surface area contributed by atoms with Gasteiger partial charge in [-0.2, -0.15) is 0 Å². The number of ether oxygens (including phenoxy) is 2.